The smallest absolute Gasteiger partial charge is 0.485 e. The van der Waals surface area contributed by atoms with Crippen LogP contribution in [0.15, 0.2) is 99.6 Å². The summed E-state index contributed by atoms with van der Waals surface area (Å²) >= 11 is 0. The fourth-order valence-electron chi connectivity index (χ4n) is 2.57. The molecule has 0 aliphatic heterocycles. The summed E-state index contributed by atoms with van der Waals surface area (Å²) in [6.45, 7) is 2.96. The Balaban J connectivity index is 0.000000390. The van der Waals surface area contributed by atoms with Gasteiger partial charge in [-0.2, -0.15) is 13.2 Å². The largest absolute Gasteiger partial charge is 0.741 e. The zero-order valence-corrected chi connectivity index (χ0v) is 18.9. The van der Waals surface area contributed by atoms with Crippen molar-refractivity contribution in [3.8, 4) is 5.75 Å². The van der Waals surface area contributed by atoms with Gasteiger partial charge in [0.05, 0.1) is 6.61 Å². The van der Waals surface area contributed by atoms with Gasteiger partial charge in [-0.3, -0.25) is 0 Å². The number of ether oxygens (including phenoxy) is 1. The van der Waals surface area contributed by atoms with Gasteiger partial charge in [0.1, 0.15) is 10.9 Å². The average molecular weight is 485 g/mol. The van der Waals surface area contributed by atoms with E-state index in [0.29, 0.717) is 0 Å². The zero-order chi connectivity index (χ0) is 23.6. The monoisotopic (exact) mass is 484 g/mol. The van der Waals surface area contributed by atoms with Gasteiger partial charge in [0.2, 0.25) is 4.90 Å². The molecule has 3 aromatic rings. The second-order valence-electron chi connectivity index (χ2n) is 6.48. The number of benzene rings is 3. The van der Waals surface area contributed by atoms with Crippen LogP contribution in [0, 0.1) is 0 Å². The maximum Gasteiger partial charge on any atom is 0.485 e. The minimum Gasteiger partial charge on any atom is -0.741 e. The van der Waals surface area contributed by atoms with Crippen molar-refractivity contribution in [3.63, 3.8) is 0 Å². The molecule has 0 unspecified atom stereocenters. The van der Waals surface area contributed by atoms with Gasteiger partial charge in [-0.05, 0) is 42.8 Å². The molecule has 0 saturated heterocycles. The Morgan fingerprint density at radius 3 is 1.72 bits per heavy atom. The third kappa shape index (κ3) is 7.58. The van der Waals surface area contributed by atoms with Crippen LogP contribution in [0.2, 0.25) is 0 Å². The van der Waals surface area contributed by atoms with Crippen LogP contribution in [0.3, 0.4) is 0 Å². The van der Waals surface area contributed by atoms with Crippen molar-refractivity contribution in [1.29, 1.82) is 0 Å². The molecule has 0 aliphatic carbocycles. The van der Waals surface area contributed by atoms with E-state index in [9.17, 15) is 13.2 Å². The predicted molar refractivity (Wildman–Crippen MR) is 118 cm³/mol. The highest BCUT2D eigenvalue weighted by molar-refractivity contribution is 7.97. The van der Waals surface area contributed by atoms with Crippen LogP contribution in [0.5, 0.6) is 5.75 Å². The van der Waals surface area contributed by atoms with E-state index in [4.69, 9.17) is 17.7 Å². The number of halogens is 3. The normalized spacial score (nSPS) is 11.6. The first-order chi connectivity index (χ1) is 15.1. The molecule has 3 rings (SSSR count). The number of rotatable bonds is 7. The molecule has 0 aliphatic rings. The van der Waals surface area contributed by atoms with Gasteiger partial charge < -0.3 is 9.29 Å². The van der Waals surface area contributed by atoms with Gasteiger partial charge in [-0.1, -0.05) is 61.9 Å². The van der Waals surface area contributed by atoms with Crippen LogP contribution in [0.4, 0.5) is 13.2 Å². The van der Waals surface area contributed by atoms with E-state index in [-0.39, 0.29) is 10.9 Å². The van der Waals surface area contributed by atoms with Crippen LogP contribution >= 0.6 is 0 Å². The molecule has 0 amide bonds. The Labute approximate surface area is 189 Å². The number of hydrogen-bond donors (Lipinski definition) is 0. The highest BCUT2D eigenvalue weighted by Crippen LogP contribution is 2.36. The summed E-state index contributed by atoms with van der Waals surface area (Å²) in [5.41, 5.74) is -5.65. The number of para-hydroxylation sites is 1. The van der Waals surface area contributed by atoms with Crippen LogP contribution in [0.25, 0.3) is 0 Å². The van der Waals surface area contributed by atoms with E-state index >= 15 is 0 Å². The van der Waals surface area contributed by atoms with Crippen molar-refractivity contribution in [1.82, 2.24) is 0 Å². The second-order valence-corrected chi connectivity index (χ2v) is 9.85. The third-order valence-corrected chi connectivity index (χ3v) is 6.90. The van der Waals surface area contributed by atoms with Gasteiger partial charge in [0.25, 0.3) is 0 Å². The average Bonchev–Trinajstić information content (AvgIpc) is 2.76. The second kappa shape index (κ2) is 11.9. The van der Waals surface area contributed by atoms with Crippen molar-refractivity contribution in [2.24, 2.45) is 0 Å². The number of unbranched alkanes of at least 4 members (excludes halogenated alkanes) is 1. The summed E-state index contributed by atoms with van der Waals surface area (Å²) in [7, 11) is -6.25. The summed E-state index contributed by atoms with van der Waals surface area (Å²) < 4.78 is 65.0. The van der Waals surface area contributed by atoms with Gasteiger partial charge in [-0.25, -0.2) is 8.42 Å². The first kappa shape index (κ1) is 25.8. The fraction of sp³-hybridized carbons (Fsp3) is 0.217. The van der Waals surface area contributed by atoms with E-state index in [1.165, 1.54) is 14.7 Å². The number of alkyl halides is 3. The minimum atomic E-state index is -6.09. The summed E-state index contributed by atoms with van der Waals surface area (Å²) in [6, 6.07) is 29.9. The molecule has 0 aromatic heterocycles. The molecule has 9 heteroatoms. The lowest BCUT2D eigenvalue weighted by Crippen LogP contribution is -2.21. The van der Waals surface area contributed by atoms with Crippen molar-refractivity contribution in [2.75, 3.05) is 6.61 Å². The third-order valence-electron chi connectivity index (χ3n) is 4.07. The van der Waals surface area contributed by atoms with Gasteiger partial charge in [0, 0.05) is 0 Å². The summed E-state index contributed by atoms with van der Waals surface area (Å²) in [4.78, 5) is 3.89. The van der Waals surface area contributed by atoms with Crippen molar-refractivity contribution in [3.05, 3.63) is 84.9 Å². The molecule has 0 bridgehead atoms. The molecule has 0 fully saturated rings. The maximum absolute atomic E-state index is 10.7. The SMILES string of the molecule is CCCCOc1ccccc1[S+](c1ccccc1)c1ccccc1.O=S(=O)([O-])C(F)(F)F. The molecule has 32 heavy (non-hydrogen) atoms. The molecular formula is C23H23F3O4S2. The van der Waals surface area contributed by atoms with E-state index in [1.54, 1.807) is 0 Å². The summed E-state index contributed by atoms with van der Waals surface area (Å²) in [5, 5.41) is 0. The maximum atomic E-state index is 10.7. The highest BCUT2D eigenvalue weighted by Gasteiger charge is 2.37. The molecule has 0 saturated carbocycles. The molecule has 0 radical (unpaired) electrons. The fourth-order valence-corrected chi connectivity index (χ4v) is 4.75. The van der Waals surface area contributed by atoms with Gasteiger partial charge in [0.15, 0.2) is 25.7 Å². The molecule has 3 aromatic carbocycles. The van der Waals surface area contributed by atoms with Crippen LogP contribution in [-0.2, 0) is 21.0 Å². The Bertz CT molecular complexity index is 1020. The van der Waals surface area contributed by atoms with Gasteiger partial charge >= 0.3 is 5.51 Å². The Morgan fingerprint density at radius 2 is 1.28 bits per heavy atom. The van der Waals surface area contributed by atoms with E-state index < -0.39 is 15.6 Å². The zero-order valence-electron chi connectivity index (χ0n) is 17.3. The standard InChI is InChI=1S/C22H23OS.CHF3O3S/c1-2-3-18-23-21-16-10-11-17-22(21)24(19-12-6-4-7-13-19)20-14-8-5-9-15-20;2-1(3,4)8(5,6)7/h4-17H,2-3,18H2,1H3;(H,5,6,7)/q+1;/p-1. The summed E-state index contributed by atoms with van der Waals surface area (Å²) in [5.74, 6) is 1.00. The van der Waals surface area contributed by atoms with E-state index in [1.807, 2.05) is 0 Å². The first-order valence-corrected chi connectivity index (χ1v) is 12.4. The lowest BCUT2D eigenvalue weighted by molar-refractivity contribution is -0.0517. The quantitative estimate of drug-likeness (QED) is 0.178. The molecule has 172 valence electrons. The summed E-state index contributed by atoms with van der Waals surface area (Å²) in [6.07, 6.45) is 2.23. The Morgan fingerprint density at radius 1 is 0.844 bits per heavy atom. The van der Waals surface area contributed by atoms with Gasteiger partial charge in [-0.15, -0.1) is 0 Å². The lowest BCUT2D eigenvalue weighted by atomic mass is 10.3. The first-order valence-electron chi connectivity index (χ1n) is 9.73. The highest BCUT2D eigenvalue weighted by atomic mass is 32.2. The lowest BCUT2D eigenvalue weighted by Gasteiger charge is -2.12. The molecule has 0 heterocycles. The molecule has 0 spiro atoms. The van der Waals surface area contributed by atoms with Crippen molar-refractivity contribution in [2.45, 2.75) is 40.0 Å². The molecule has 0 N–H and O–H groups in total. The molecular weight excluding hydrogens is 461 g/mol. The predicted octanol–water partition coefficient (Wildman–Crippen LogP) is 6.01. The van der Waals surface area contributed by atoms with Crippen LogP contribution < -0.4 is 4.74 Å². The van der Waals surface area contributed by atoms with E-state index in [2.05, 4.69) is 91.9 Å². The van der Waals surface area contributed by atoms with E-state index in [0.717, 1.165) is 25.2 Å². The number of hydrogen-bond acceptors (Lipinski definition) is 4. The topological polar surface area (TPSA) is 66.4 Å². The Kier molecular flexibility index (Phi) is 9.61. The Hall–Kier alpha value is -2.49. The van der Waals surface area contributed by atoms with Crippen LogP contribution in [-0.4, -0.2) is 25.1 Å². The molecule has 4 nitrogen and oxygen atoms in total. The van der Waals surface area contributed by atoms with Crippen molar-refractivity contribution >= 4 is 21.0 Å². The minimum absolute atomic E-state index is 0.157. The van der Waals surface area contributed by atoms with Crippen molar-refractivity contribution < 1.29 is 30.9 Å². The molecule has 0 atom stereocenters. The van der Waals surface area contributed by atoms with Crippen LogP contribution in [0.1, 0.15) is 19.8 Å².